The van der Waals surface area contributed by atoms with Crippen molar-refractivity contribution in [3.63, 3.8) is 0 Å². The maximum absolute atomic E-state index is 13.6. The molecule has 158 valence electrons. The molecule has 7 heteroatoms. The molecule has 2 aromatic heterocycles. The monoisotopic (exact) mass is 426 g/mol. The summed E-state index contributed by atoms with van der Waals surface area (Å²) in [6.45, 7) is 7.11. The summed E-state index contributed by atoms with van der Waals surface area (Å²) >= 11 is 1.61. The predicted octanol–water partition coefficient (Wildman–Crippen LogP) is 5.27. The molecule has 0 radical (unpaired) electrons. The molecular formula is C23H27FN4OS. The lowest BCUT2D eigenvalue weighted by molar-refractivity contribution is -0.134. The zero-order chi connectivity index (χ0) is 21.3. The second-order valence-corrected chi connectivity index (χ2v) is 9.72. The van der Waals surface area contributed by atoms with E-state index in [1.165, 1.54) is 12.1 Å². The van der Waals surface area contributed by atoms with Crippen molar-refractivity contribution in [1.82, 2.24) is 19.9 Å². The van der Waals surface area contributed by atoms with E-state index in [0.717, 1.165) is 53.6 Å². The summed E-state index contributed by atoms with van der Waals surface area (Å²) in [5.41, 5.74) is 2.33. The highest BCUT2D eigenvalue weighted by molar-refractivity contribution is 7.09. The summed E-state index contributed by atoms with van der Waals surface area (Å²) in [5.74, 6) is 0.557. The first-order valence-corrected chi connectivity index (χ1v) is 11.2. The zero-order valence-corrected chi connectivity index (χ0v) is 18.4. The number of nitrogens with zero attached hydrogens (tertiary/aromatic N) is 3. The summed E-state index contributed by atoms with van der Waals surface area (Å²) < 4.78 is 13.6. The van der Waals surface area contributed by atoms with Crippen LogP contribution in [0.15, 0.2) is 35.8 Å². The van der Waals surface area contributed by atoms with Gasteiger partial charge in [0.15, 0.2) is 0 Å². The third kappa shape index (κ3) is 4.46. The van der Waals surface area contributed by atoms with Crippen LogP contribution in [0.3, 0.4) is 0 Å². The van der Waals surface area contributed by atoms with E-state index in [9.17, 15) is 9.18 Å². The number of aromatic nitrogens is 3. The van der Waals surface area contributed by atoms with Crippen molar-refractivity contribution in [2.45, 2.75) is 57.9 Å². The normalized spacial score (nSPS) is 17.3. The van der Waals surface area contributed by atoms with Crippen molar-refractivity contribution in [2.24, 2.45) is 0 Å². The van der Waals surface area contributed by atoms with E-state index >= 15 is 0 Å². The smallest absolute Gasteiger partial charge is 0.229 e. The molecule has 4 rings (SSSR count). The number of thiazole rings is 1. The molecule has 1 amide bonds. The lowest BCUT2D eigenvalue weighted by Crippen LogP contribution is -2.39. The standard InChI is InChI=1S/C23H27FN4OS/c1-23(2,3)22-26-17(14-30-22)12-20(29)28-10-5-4-9-19(28)21-25-13-18(27-21)15-7-6-8-16(24)11-15/h6-8,11,13-14,19H,4-5,9-10,12H2,1-3H3,(H,25,27). The van der Waals surface area contributed by atoms with Crippen LogP contribution in [0.1, 0.15) is 62.6 Å². The Labute approximate surface area is 180 Å². The van der Waals surface area contributed by atoms with Crippen LogP contribution in [0.4, 0.5) is 4.39 Å². The SMILES string of the molecule is CC(C)(C)c1nc(CC(=O)N2CCCCC2c2ncc(-c3cccc(F)c3)[nH]2)cs1. The molecule has 1 unspecified atom stereocenters. The molecule has 5 nitrogen and oxygen atoms in total. The molecule has 1 aliphatic rings. The Hall–Kier alpha value is -2.54. The van der Waals surface area contributed by atoms with E-state index in [-0.39, 0.29) is 23.2 Å². The number of rotatable bonds is 4. The average Bonchev–Trinajstić information content (AvgIpc) is 3.37. The number of piperidine rings is 1. The molecule has 1 saturated heterocycles. The summed E-state index contributed by atoms with van der Waals surface area (Å²) in [4.78, 5) is 27.6. The van der Waals surface area contributed by atoms with Gasteiger partial charge in [-0.25, -0.2) is 14.4 Å². The van der Waals surface area contributed by atoms with Gasteiger partial charge in [0.2, 0.25) is 5.91 Å². The van der Waals surface area contributed by atoms with E-state index < -0.39 is 0 Å². The van der Waals surface area contributed by atoms with E-state index in [4.69, 9.17) is 0 Å². The summed E-state index contributed by atoms with van der Waals surface area (Å²) in [6.07, 6.45) is 4.93. The third-order valence-electron chi connectivity index (χ3n) is 5.40. The first-order chi connectivity index (χ1) is 14.3. The van der Waals surface area contributed by atoms with E-state index in [1.807, 2.05) is 16.3 Å². The molecule has 1 aliphatic heterocycles. The Bertz CT molecular complexity index is 1040. The lowest BCUT2D eigenvalue weighted by atomic mass is 9.98. The first-order valence-electron chi connectivity index (χ1n) is 10.4. The van der Waals surface area contributed by atoms with Crippen LogP contribution in [-0.2, 0) is 16.6 Å². The topological polar surface area (TPSA) is 61.9 Å². The van der Waals surface area contributed by atoms with Gasteiger partial charge in [-0.05, 0) is 31.4 Å². The number of aromatic amines is 1. The van der Waals surface area contributed by atoms with Crippen molar-refractivity contribution in [1.29, 1.82) is 0 Å². The second kappa shape index (κ2) is 8.30. The maximum Gasteiger partial charge on any atom is 0.229 e. The molecule has 1 atom stereocenters. The quantitative estimate of drug-likeness (QED) is 0.618. The number of likely N-dealkylation sites (tertiary alicyclic amines) is 1. The number of amides is 1. The Morgan fingerprint density at radius 3 is 2.90 bits per heavy atom. The maximum atomic E-state index is 13.6. The number of hydrogen-bond acceptors (Lipinski definition) is 4. The van der Waals surface area contributed by atoms with Crippen molar-refractivity contribution in [3.05, 3.63) is 58.2 Å². The molecule has 3 heterocycles. The predicted molar refractivity (Wildman–Crippen MR) is 117 cm³/mol. The molecule has 1 fully saturated rings. The van der Waals surface area contributed by atoms with Crippen LogP contribution in [0.5, 0.6) is 0 Å². The minimum atomic E-state index is -0.281. The number of imidazole rings is 1. The fraction of sp³-hybridized carbons (Fsp3) is 0.435. The number of halogens is 1. The van der Waals surface area contributed by atoms with Crippen LogP contribution >= 0.6 is 11.3 Å². The molecule has 1 N–H and O–H groups in total. The number of carbonyl (C=O) groups excluding carboxylic acids is 1. The van der Waals surface area contributed by atoms with Gasteiger partial charge in [0.25, 0.3) is 0 Å². The van der Waals surface area contributed by atoms with Gasteiger partial charge in [0.05, 0.1) is 35.1 Å². The van der Waals surface area contributed by atoms with Crippen LogP contribution in [0, 0.1) is 5.82 Å². The van der Waals surface area contributed by atoms with E-state index in [0.29, 0.717) is 6.42 Å². The van der Waals surface area contributed by atoms with Gasteiger partial charge in [-0.15, -0.1) is 11.3 Å². The fourth-order valence-corrected chi connectivity index (χ4v) is 4.72. The number of benzene rings is 1. The van der Waals surface area contributed by atoms with Crippen LogP contribution in [-0.4, -0.2) is 32.3 Å². The van der Waals surface area contributed by atoms with Gasteiger partial charge in [0.1, 0.15) is 11.6 Å². The lowest BCUT2D eigenvalue weighted by Gasteiger charge is -2.34. The number of nitrogens with one attached hydrogen (secondary N) is 1. The fourth-order valence-electron chi connectivity index (χ4n) is 3.81. The molecule has 0 saturated carbocycles. The van der Waals surface area contributed by atoms with Crippen LogP contribution < -0.4 is 0 Å². The Morgan fingerprint density at radius 2 is 2.17 bits per heavy atom. The van der Waals surface area contributed by atoms with Gasteiger partial charge >= 0.3 is 0 Å². The van der Waals surface area contributed by atoms with Crippen LogP contribution in [0.2, 0.25) is 0 Å². The third-order valence-corrected chi connectivity index (χ3v) is 6.71. The van der Waals surface area contributed by atoms with Gasteiger partial charge in [-0.2, -0.15) is 0 Å². The van der Waals surface area contributed by atoms with Gasteiger partial charge in [-0.1, -0.05) is 32.9 Å². The summed E-state index contributed by atoms with van der Waals surface area (Å²) in [5, 5.41) is 3.04. The second-order valence-electron chi connectivity index (χ2n) is 8.86. The first kappa shape index (κ1) is 20.7. The van der Waals surface area contributed by atoms with E-state index in [1.54, 1.807) is 23.6 Å². The highest BCUT2D eigenvalue weighted by Crippen LogP contribution is 2.32. The minimum Gasteiger partial charge on any atom is -0.340 e. The summed E-state index contributed by atoms with van der Waals surface area (Å²) in [6, 6.07) is 6.34. The molecule has 0 aliphatic carbocycles. The zero-order valence-electron chi connectivity index (χ0n) is 17.6. The average molecular weight is 427 g/mol. The summed E-state index contributed by atoms with van der Waals surface area (Å²) in [7, 11) is 0. The van der Waals surface area contributed by atoms with Gasteiger partial charge in [-0.3, -0.25) is 4.79 Å². The Balaban J connectivity index is 1.52. The van der Waals surface area contributed by atoms with Crippen molar-refractivity contribution in [3.8, 4) is 11.3 Å². The van der Waals surface area contributed by atoms with E-state index in [2.05, 4.69) is 35.7 Å². The number of hydrogen-bond donors (Lipinski definition) is 1. The van der Waals surface area contributed by atoms with Crippen molar-refractivity contribution in [2.75, 3.05) is 6.54 Å². The van der Waals surface area contributed by atoms with Gasteiger partial charge < -0.3 is 9.88 Å². The minimum absolute atomic E-state index is 0.0128. The number of carbonyl (C=O) groups is 1. The van der Waals surface area contributed by atoms with Crippen molar-refractivity contribution >= 4 is 17.2 Å². The molecular weight excluding hydrogens is 399 g/mol. The van der Waals surface area contributed by atoms with Crippen molar-refractivity contribution < 1.29 is 9.18 Å². The Morgan fingerprint density at radius 1 is 1.33 bits per heavy atom. The van der Waals surface area contributed by atoms with Gasteiger partial charge in [0, 0.05) is 22.9 Å². The molecule has 3 aromatic rings. The highest BCUT2D eigenvalue weighted by atomic mass is 32.1. The Kier molecular flexibility index (Phi) is 5.73. The van der Waals surface area contributed by atoms with Crippen LogP contribution in [0.25, 0.3) is 11.3 Å². The molecule has 0 bridgehead atoms. The highest BCUT2D eigenvalue weighted by Gasteiger charge is 2.30. The number of H-pyrrole nitrogens is 1. The largest absolute Gasteiger partial charge is 0.340 e. The molecule has 30 heavy (non-hydrogen) atoms. The molecule has 0 spiro atoms. The molecule has 1 aromatic carbocycles.